The van der Waals surface area contributed by atoms with Crippen LogP contribution in [0.5, 0.6) is 0 Å². The van der Waals surface area contributed by atoms with E-state index in [0.29, 0.717) is 12.0 Å². The van der Waals surface area contributed by atoms with Gasteiger partial charge in [-0.15, -0.1) is 11.3 Å². The van der Waals surface area contributed by atoms with E-state index in [0.717, 1.165) is 38.2 Å². The molecule has 0 saturated carbocycles. The molecule has 1 aromatic heterocycles. The molecular weight excluding hydrogens is 318 g/mol. The maximum atomic E-state index is 12.4. The molecule has 124 valence electrons. The van der Waals surface area contributed by atoms with Crippen LogP contribution in [0, 0.1) is 11.3 Å². The fourth-order valence-electron chi connectivity index (χ4n) is 3.04. The predicted octanol–water partition coefficient (Wildman–Crippen LogP) is 3.03. The summed E-state index contributed by atoms with van der Waals surface area (Å²) in [5, 5.41) is 11.1. The molecule has 24 heavy (non-hydrogen) atoms. The molecule has 0 fully saturated rings. The number of rotatable bonds is 5. The van der Waals surface area contributed by atoms with Crippen molar-refractivity contribution in [3.05, 3.63) is 57.3 Å². The number of nitriles is 1. The third kappa shape index (κ3) is 4.02. The largest absolute Gasteiger partial charge is 0.338 e. The molecule has 1 aliphatic rings. The summed E-state index contributed by atoms with van der Waals surface area (Å²) in [4.78, 5) is 18.0. The number of carbonyl (C=O) groups excluding carboxylic acids is 1. The van der Waals surface area contributed by atoms with E-state index in [-0.39, 0.29) is 5.91 Å². The van der Waals surface area contributed by atoms with Gasteiger partial charge in [0.1, 0.15) is 0 Å². The highest BCUT2D eigenvalue weighted by atomic mass is 32.1. The third-order valence-electron chi connectivity index (χ3n) is 4.38. The first-order chi connectivity index (χ1) is 11.7. The molecule has 0 radical (unpaired) electrons. The summed E-state index contributed by atoms with van der Waals surface area (Å²) in [6.45, 7) is 3.06. The molecular formula is C19H21N3OS. The zero-order valence-electron chi connectivity index (χ0n) is 13.9. The molecule has 1 amide bonds. The minimum absolute atomic E-state index is 0.226. The Morgan fingerprint density at radius 1 is 1.42 bits per heavy atom. The standard InChI is InChI=1S/C19H21N3OS/c1-21(13-16-4-2-3-15(11-16)12-20)8-6-19(23)22-9-5-18-17(14-22)7-10-24-18/h2-4,7,10-11H,5-6,8-9,13-14H2,1H3. The van der Waals surface area contributed by atoms with Crippen LogP contribution in [0.25, 0.3) is 0 Å². The SMILES string of the molecule is CN(CCC(=O)N1CCc2sccc2C1)Cc1cccc(C#N)c1. The van der Waals surface area contributed by atoms with Crippen molar-refractivity contribution in [3.8, 4) is 6.07 Å². The van der Waals surface area contributed by atoms with Gasteiger partial charge in [0, 0.05) is 37.5 Å². The van der Waals surface area contributed by atoms with E-state index < -0.39 is 0 Å². The minimum Gasteiger partial charge on any atom is -0.338 e. The molecule has 2 heterocycles. The van der Waals surface area contributed by atoms with E-state index in [4.69, 9.17) is 5.26 Å². The molecule has 1 aliphatic heterocycles. The van der Waals surface area contributed by atoms with Gasteiger partial charge in [-0.1, -0.05) is 12.1 Å². The number of nitrogens with zero attached hydrogens (tertiary/aromatic N) is 3. The van der Waals surface area contributed by atoms with Crippen molar-refractivity contribution in [1.82, 2.24) is 9.80 Å². The van der Waals surface area contributed by atoms with Crippen molar-refractivity contribution < 1.29 is 4.79 Å². The number of hydrogen-bond donors (Lipinski definition) is 0. The lowest BCUT2D eigenvalue weighted by atomic mass is 10.1. The fourth-order valence-corrected chi connectivity index (χ4v) is 3.93. The first-order valence-corrected chi connectivity index (χ1v) is 9.04. The molecule has 2 aromatic rings. The summed E-state index contributed by atoms with van der Waals surface area (Å²) in [7, 11) is 2.01. The molecule has 5 heteroatoms. The molecule has 0 saturated heterocycles. The molecule has 0 spiro atoms. The van der Waals surface area contributed by atoms with Crippen LogP contribution in [0.1, 0.15) is 28.0 Å². The van der Waals surface area contributed by atoms with E-state index >= 15 is 0 Å². The van der Waals surface area contributed by atoms with Gasteiger partial charge in [-0.3, -0.25) is 4.79 Å². The predicted molar refractivity (Wildman–Crippen MR) is 95.5 cm³/mol. The number of carbonyl (C=O) groups is 1. The van der Waals surface area contributed by atoms with Crippen molar-refractivity contribution in [2.75, 3.05) is 20.1 Å². The second-order valence-electron chi connectivity index (χ2n) is 6.23. The smallest absolute Gasteiger partial charge is 0.224 e. The highest BCUT2D eigenvalue weighted by Crippen LogP contribution is 2.24. The lowest BCUT2D eigenvalue weighted by Gasteiger charge is -2.28. The van der Waals surface area contributed by atoms with Gasteiger partial charge in [0.05, 0.1) is 11.6 Å². The van der Waals surface area contributed by atoms with Crippen LogP contribution >= 0.6 is 11.3 Å². The minimum atomic E-state index is 0.226. The first kappa shape index (κ1) is 16.7. The normalized spacial score (nSPS) is 13.6. The number of amides is 1. The van der Waals surface area contributed by atoms with E-state index in [1.165, 1.54) is 10.4 Å². The second-order valence-corrected chi connectivity index (χ2v) is 7.23. The van der Waals surface area contributed by atoms with Gasteiger partial charge in [0.25, 0.3) is 0 Å². The van der Waals surface area contributed by atoms with Crippen LogP contribution in [0.4, 0.5) is 0 Å². The summed E-state index contributed by atoms with van der Waals surface area (Å²) in [6.07, 6.45) is 1.52. The average molecular weight is 339 g/mol. The number of hydrogen-bond acceptors (Lipinski definition) is 4. The highest BCUT2D eigenvalue weighted by Gasteiger charge is 2.21. The quantitative estimate of drug-likeness (QED) is 0.841. The molecule has 0 atom stereocenters. The van der Waals surface area contributed by atoms with E-state index in [9.17, 15) is 4.79 Å². The van der Waals surface area contributed by atoms with Crippen molar-refractivity contribution in [2.24, 2.45) is 0 Å². The van der Waals surface area contributed by atoms with E-state index in [1.54, 1.807) is 11.3 Å². The Morgan fingerprint density at radius 3 is 3.12 bits per heavy atom. The molecule has 0 bridgehead atoms. The maximum absolute atomic E-state index is 12.4. The maximum Gasteiger partial charge on any atom is 0.224 e. The second kappa shape index (κ2) is 7.61. The Hall–Kier alpha value is -2.16. The number of benzene rings is 1. The Bertz CT molecular complexity index is 762. The Morgan fingerprint density at radius 2 is 2.29 bits per heavy atom. The lowest BCUT2D eigenvalue weighted by molar-refractivity contribution is -0.132. The van der Waals surface area contributed by atoms with Crippen LogP contribution in [0.2, 0.25) is 0 Å². The van der Waals surface area contributed by atoms with Crippen molar-refractivity contribution in [3.63, 3.8) is 0 Å². The average Bonchev–Trinajstić information content (AvgIpc) is 3.07. The van der Waals surface area contributed by atoms with Gasteiger partial charge in [-0.2, -0.15) is 5.26 Å². The summed E-state index contributed by atoms with van der Waals surface area (Å²) in [5.41, 5.74) is 3.09. The van der Waals surface area contributed by atoms with E-state index in [2.05, 4.69) is 22.4 Å². The highest BCUT2D eigenvalue weighted by molar-refractivity contribution is 7.10. The number of fused-ring (bicyclic) bond motifs is 1. The summed E-state index contributed by atoms with van der Waals surface area (Å²) >= 11 is 1.79. The molecule has 3 rings (SSSR count). The van der Waals surface area contributed by atoms with Crippen LogP contribution in [-0.2, 0) is 24.3 Å². The summed E-state index contributed by atoms with van der Waals surface area (Å²) < 4.78 is 0. The van der Waals surface area contributed by atoms with Crippen LogP contribution in [0.3, 0.4) is 0 Å². The molecule has 1 aromatic carbocycles. The van der Waals surface area contributed by atoms with Crippen LogP contribution in [-0.4, -0.2) is 35.8 Å². The fraction of sp³-hybridized carbons (Fsp3) is 0.368. The monoisotopic (exact) mass is 339 g/mol. The molecule has 0 unspecified atom stereocenters. The molecule has 0 aliphatic carbocycles. The van der Waals surface area contributed by atoms with Gasteiger partial charge in [0.15, 0.2) is 0 Å². The zero-order chi connectivity index (χ0) is 16.9. The van der Waals surface area contributed by atoms with Gasteiger partial charge in [-0.05, 0) is 48.2 Å². The third-order valence-corrected chi connectivity index (χ3v) is 5.40. The number of thiophene rings is 1. The van der Waals surface area contributed by atoms with E-state index in [1.807, 2.05) is 36.2 Å². The lowest BCUT2D eigenvalue weighted by Crippen LogP contribution is -2.37. The Labute approximate surface area is 146 Å². The summed E-state index contributed by atoms with van der Waals surface area (Å²) in [6, 6.07) is 11.9. The van der Waals surface area contributed by atoms with Crippen molar-refractivity contribution in [1.29, 1.82) is 5.26 Å². The molecule has 0 N–H and O–H groups in total. The van der Waals surface area contributed by atoms with Gasteiger partial charge < -0.3 is 9.80 Å². The Balaban J connectivity index is 1.48. The van der Waals surface area contributed by atoms with Crippen LogP contribution in [0.15, 0.2) is 35.7 Å². The van der Waals surface area contributed by atoms with Crippen LogP contribution < -0.4 is 0 Å². The first-order valence-electron chi connectivity index (χ1n) is 8.16. The zero-order valence-corrected chi connectivity index (χ0v) is 14.7. The van der Waals surface area contributed by atoms with Gasteiger partial charge in [0.2, 0.25) is 5.91 Å². The Kier molecular flexibility index (Phi) is 5.29. The molecule has 4 nitrogen and oxygen atoms in total. The van der Waals surface area contributed by atoms with Gasteiger partial charge in [-0.25, -0.2) is 0 Å². The summed E-state index contributed by atoms with van der Waals surface area (Å²) in [5.74, 6) is 0.226. The topological polar surface area (TPSA) is 47.3 Å². The van der Waals surface area contributed by atoms with Crippen molar-refractivity contribution >= 4 is 17.2 Å². The van der Waals surface area contributed by atoms with Gasteiger partial charge >= 0.3 is 0 Å². The van der Waals surface area contributed by atoms with Crippen molar-refractivity contribution in [2.45, 2.75) is 25.9 Å².